The number of nitrogens with zero attached hydrogens (tertiary/aromatic N) is 1. The van der Waals surface area contributed by atoms with Gasteiger partial charge in [0.05, 0.1) is 11.7 Å². The molecule has 3 heteroatoms. The van der Waals surface area contributed by atoms with Crippen LogP contribution in [0, 0.1) is 16.7 Å². The Morgan fingerprint density at radius 3 is 2.90 bits per heavy atom. The van der Waals surface area contributed by atoms with Gasteiger partial charge < -0.3 is 5.32 Å². The van der Waals surface area contributed by atoms with Crippen molar-refractivity contribution in [1.29, 1.82) is 0 Å². The maximum atomic E-state index is 4.10. The minimum absolute atomic E-state index is 0.385. The highest BCUT2D eigenvalue weighted by Crippen LogP contribution is 2.63. The molecule has 0 saturated heterocycles. The second-order valence-electron chi connectivity index (χ2n) is 7.66. The fourth-order valence-electron chi connectivity index (χ4n) is 4.86. The summed E-state index contributed by atoms with van der Waals surface area (Å²) < 4.78 is 0. The molecule has 1 heterocycles. The summed E-state index contributed by atoms with van der Waals surface area (Å²) in [7, 11) is 0. The van der Waals surface area contributed by atoms with Crippen molar-refractivity contribution in [3.8, 4) is 0 Å². The van der Waals surface area contributed by atoms with E-state index >= 15 is 0 Å². The Balaban J connectivity index is 1.67. The summed E-state index contributed by atoms with van der Waals surface area (Å²) in [4.78, 5) is 0. The second kappa shape index (κ2) is 3.78. The Morgan fingerprint density at radius 1 is 1.30 bits per heavy atom. The van der Waals surface area contributed by atoms with Gasteiger partial charge >= 0.3 is 0 Å². The Labute approximate surface area is 120 Å². The molecular formula is C17H23N3. The molecule has 1 aromatic heterocycles. The topological polar surface area (TPSA) is 40.7 Å². The van der Waals surface area contributed by atoms with Crippen molar-refractivity contribution in [2.45, 2.75) is 46.1 Å². The van der Waals surface area contributed by atoms with Crippen LogP contribution in [0.3, 0.4) is 0 Å². The lowest BCUT2D eigenvalue weighted by Crippen LogP contribution is -2.45. The molecule has 4 rings (SSSR count). The van der Waals surface area contributed by atoms with E-state index in [9.17, 15) is 0 Å². The van der Waals surface area contributed by atoms with Crippen molar-refractivity contribution >= 4 is 16.6 Å². The van der Waals surface area contributed by atoms with Crippen molar-refractivity contribution in [1.82, 2.24) is 10.2 Å². The van der Waals surface area contributed by atoms with E-state index in [1.165, 1.54) is 30.3 Å². The predicted octanol–water partition coefficient (Wildman–Crippen LogP) is 4.19. The molecule has 2 aliphatic rings. The Kier molecular flexibility index (Phi) is 2.31. The van der Waals surface area contributed by atoms with E-state index in [4.69, 9.17) is 0 Å². The lowest BCUT2D eigenvalue weighted by Gasteiger charge is -2.43. The van der Waals surface area contributed by atoms with Crippen LogP contribution in [0.25, 0.3) is 10.9 Å². The lowest BCUT2D eigenvalue weighted by molar-refractivity contribution is 0.155. The molecule has 0 amide bonds. The van der Waals surface area contributed by atoms with E-state index in [0.29, 0.717) is 16.9 Å². The van der Waals surface area contributed by atoms with Crippen LogP contribution in [-0.4, -0.2) is 16.2 Å². The van der Waals surface area contributed by atoms with Crippen LogP contribution in [0.1, 0.15) is 40.0 Å². The highest BCUT2D eigenvalue weighted by atomic mass is 15.1. The van der Waals surface area contributed by atoms with Crippen molar-refractivity contribution in [2.24, 2.45) is 16.7 Å². The molecule has 0 aliphatic heterocycles. The molecule has 2 aromatic rings. The Hall–Kier alpha value is -1.51. The third-order valence-electron chi connectivity index (χ3n) is 6.02. The van der Waals surface area contributed by atoms with Crippen LogP contribution in [0.15, 0.2) is 24.4 Å². The number of rotatable bonds is 2. The Morgan fingerprint density at radius 2 is 2.15 bits per heavy atom. The number of fused-ring (bicyclic) bond motifs is 3. The quantitative estimate of drug-likeness (QED) is 0.858. The molecule has 2 bridgehead atoms. The normalized spacial score (nSPS) is 34.8. The molecule has 3 nitrogen and oxygen atoms in total. The fourth-order valence-corrected chi connectivity index (χ4v) is 4.86. The van der Waals surface area contributed by atoms with E-state index in [0.717, 1.165) is 11.4 Å². The van der Waals surface area contributed by atoms with Gasteiger partial charge in [0.15, 0.2) is 0 Å². The van der Waals surface area contributed by atoms with Crippen molar-refractivity contribution in [3.63, 3.8) is 0 Å². The van der Waals surface area contributed by atoms with E-state index in [-0.39, 0.29) is 0 Å². The van der Waals surface area contributed by atoms with Crippen LogP contribution in [0.2, 0.25) is 0 Å². The first kappa shape index (κ1) is 12.2. The van der Waals surface area contributed by atoms with E-state index in [1.54, 1.807) is 0 Å². The number of benzene rings is 1. The standard InChI is InChI=1S/C17H23N3/c1-16(2)12-6-7-17(3,9-12)15(16)19-13-5-4-11-10-18-20-14(11)8-13/h4-5,8,10,12,15,19H,6-7,9H2,1-3H3,(H,18,20). The molecule has 1 aromatic carbocycles. The number of H-pyrrole nitrogens is 1. The molecule has 106 valence electrons. The minimum Gasteiger partial charge on any atom is -0.381 e. The summed E-state index contributed by atoms with van der Waals surface area (Å²) in [5.74, 6) is 0.876. The zero-order valence-corrected chi connectivity index (χ0v) is 12.5. The van der Waals surface area contributed by atoms with Gasteiger partial charge in [-0.3, -0.25) is 5.10 Å². The molecule has 2 fully saturated rings. The van der Waals surface area contributed by atoms with Gasteiger partial charge in [0.1, 0.15) is 0 Å². The molecule has 3 unspecified atom stereocenters. The Bertz CT molecular complexity index is 652. The SMILES string of the molecule is CC12CCC(C1)C(C)(C)C2Nc1ccc2cn[nH]c2c1. The average Bonchev–Trinajstić information content (AvgIpc) is 3.05. The molecule has 0 radical (unpaired) electrons. The van der Waals surface area contributed by atoms with Crippen LogP contribution in [0.5, 0.6) is 0 Å². The number of anilines is 1. The monoisotopic (exact) mass is 269 g/mol. The van der Waals surface area contributed by atoms with Gasteiger partial charge in [-0.15, -0.1) is 0 Å². The highest BCUT2D eigenvalue weighted by molar-refractivity contribution is 5.81. The summed E-state index contributed by atoms with van der Waals surface area (Å²) in [6, 6.07) is 7.08. The molecule has 2 aliphatic carbocycles. The lowest BCUT2D eigenvalue weighted by atomic mass is 9.68. The van der Waals surface area contributed by atoms with Gasteiger partial charge in [0.25, 0.3) is 0 Å². The van der Waals surface area contributed by atoms with Crippen LogP contribution >= 0.6 is 0 Å². The van der Waals surface area contributed by atoms with E-state index in [1.807, 2.05) is 6.20 Å². The fraction of sp³-hybridized carbons (Fsp3) is 0.588. The molecule has 2 N–H and O–H groups in total. The summed E-state index contributed by atoms with van der Waals surface area (Å²) in [6.45, 7) is 7.34. The first-order valence-electron chi connectivity index (χ1n) is 7.69. The molecule has 3 atom stereocenters. The zero-order valence-electron chi connectivity index (χ0n) is 12.5. The van der Waals surface area contributed by atoms with E-state index in [2.05, 4.69) is 54.5 Å². The molecule has 2 saturated carbocycles. The van der Waals surface area contributed by atoms with Crippen molar-refractivity contribution < 1.29 is 0 Å². The third kappa shape index (κ3) is 1.55. The first-order chi connectivity index (χ1) is 9.49. The predicted molar refractivity (Wildman–Crippen MR) is 82.7 cm³/mol. The van der Waals surface area contributed by atoms with Gasteiger partial charge in [-0.2, -0.15) is 5.10 Å². The van der Waals surface area contributed by atoms with Gasteiger partial charge in [0.2, 0.25) is 0 Å². The minimum atomic E-state index is 0.385. The molecule has 0 spiro atoms. The van der Waals surface area contributed by atoms with Gasteiger partial charge in [-0.25, -0.2) is 0 Å². The van der Waals surface area contributed by atoms with Crippen molar-refractivity contribution in [3.05, 3.63) is 24.4 Å². The van der Waals surface area contributed by atoms with Gasteiger partial charge in [0, 0.05) is 17.1 Å². The molecular weight excluding hydrogens is 246 g/mol. The van der Waals surface area contributed by atoms with Crippen molar-refractivity contribution in [2.75, 3.05) is 5.32 Å². The number of hydrogen-bond acceptors (Lipinski definition) is 2. The maximum Gasteiger partial charge on any atom is 0.0670 e. The zero-order chi connectivity index (χ0) is 14.0. The maximum absolute atomic E-state index is 4.10. The number of nitrogens with one attached hydrogen (secondary N) is 2. The number of aromatic nitrogens is 2. The highest BCUT2D eigenvalue weighted by Gasteiger charge is 2.59. The van der Waals surface area contributed by atoms with Gasteiger partial charge in [-0.05, 0) is 54.2 Å². The summed E-state index contributed by atoms with van der Waals surface area (Å²) >= 11 is 0. The summed E-state index contributed by atoms with van der Waals surface area (Å²) in [6.07, 6.45) is 6.03. The second-order valence-corrected chi connectivity index (χ2v) is 7.66. The number of aromatic amines is 1. The van der Waals surface area contributed by atoms with Gasteiger partial charge in [-0.1, -0.05) is 20.8 Å². The first-order valence-corrected chi connectivity index (χ1v) is 7.69. The number of hydrogen-bond donors (Lipinski definition) is 2. The van der Waals surface area contributed by atoms with Crippen LogP contribution in [-0.2, 0) is 0 Å². The third-order valence-corrected chi connectivity index (χ3v) is 6.02. The molecule has 20 heavy (non-hydrogen) atoms. The average molecular weight is 269 g/mol. The van der Waals surface area contributed by atoms with Crippen LogP contribution < -0.4 is 5.32 Å². The van der Waals surface area contributed by atoms with Crippen LogP contribution in [0.4, 0.5) is 5.69 Å². The smallest absolute Gasteiger partial charge is 0.0670 e. The largest absolute Gasteiger partial charge is 0.381 e. The van der Waals surface area contributed by atoms with E-state index < -0.39 is 0 Å². The summed E-state index contributed by atoms with van der Waals surface area (Å²) in [5, 5.41) is 12.2. The summed E-state index contributed by atoms with van der Waals surface area (Å²) in [5.41, 5.74) is 3.17.